The SMILES string of the molecule is CCN(CCNC(=O)NCC(C)(O)c1cnn(C)c1)C1CC1. The number of urea groups is 1. The molecule has 1 unspecified atom stereocenters. The van der Waals surface area contributed by atoms with Crippen LogP contribution in [0.2, 0.25) is 0 Å². The third-order valence-corrected chi connectivity index (χ3v) is 4.07. The summed E-state index contributed by atoms with van der Waals surface area (Å²) in [4.78, 5) is 14.2. The van der Waals surface area contributed by atoms with E-state index in [0.29, 0.717) is 18.2 Å². The van der Waals surface area contributed by atoms with Gasteiger partial charge >= 0.3 is 6.03 Å². The summed E-state index contributed by atoms with van der Waals surface area (Å²) in [6.07, 6.45) is 5.89. The Labute approximate surface area is 131 Å². The molecule has 124 valence electrons. The highest BCUT2D eigenvalue weighted by molar-refractivity contribution is 5.73. The van der Waals surface area contributed by atoms with Crippen LogP contribution in [0, 0.1) is 0 Å². The summed E-state index contributed by atoms with van der Waals surface area (Å²) in [6.45, 7) is 6.45. The number of aromatic nitrogens is 2. The summed E-state index contributed by atoms with van der Waals surface area (Å²) in [5.41, 5.74) is -0.448. The number of rotatable bonds is 8. The molecule has 0 spiro atoms. The van der Waals surface area contributed by atoms with E-state index in [-0.39, 0.29) is 12.6 Å². The number of aryl methyl sites for hydroxylation is 1. The Bertz CT molecular complexity index is 496. The molecule has 1 fully saturated rings. The Balaban J connectivity index is 1.68. The molecule has 1 saturated carbocycles. The van der Waals surface area contributed by atoms with E-state index in [1.54, 1.807) is 31.0 Å². The molecule has 2 rings (SSSR count). The predicted octanol–water partition coefficient (Wildman–Crippen LogP) is 0.411. The van der Waals surface area contributed by atoms with Gasteiger partial charge in [0.05, 0.1) is 12.7 Å². The van der Waals surface area contributed by atoms with Gasteiger partial charge in [-0.3, -0.25) is 9.58 Å². The maximum Gasteiger partial charge on any atom is 0.314 e. The molecule has 1 aromatic rings. The lowest BCUT2D eigenvalue weighted by Gasteiger charge is -2.23. The molecular weight excluding hydrogens is 282 g/mol. The van der Waals surface area contributed by atoms with Gasteiger partial charge in [-0.05, 0) is 26.3 Å². The lowest BCUT2D eigenvalue weighted by molar-refractivity contribution is 0.0593. The first kappa shape index (κ1) is 16.8. The van der Waals surface area contributed by atoms with E-state index in [2.05, 4.69) is 27.6 Å². The number of carbonyl (C=O) groups is 1. The first-order chi connectivity index (χ1) is 10.4. The van der Waals surface area contributed by atoms with Crippen LogP contribution in [0.4, 0.5) is 4.79 Å². The standard InChI is InChI=1S/C15H27N5O2/c1-4-20(13-5-6-13)8-7-16-14(21)17-11-15(2,22)12-9-18-19(3)10-12/h9-10,13,22H,4-8,11H2,1-3H3,(H2,16,17,21). The number of hydrogen-bond donors (Lipinski definition) is 3. The number of hydrogen-bond acceptors (Lipinski definition) is 4. The number of aliphatic hydroxyl groups is 1. The van der Waals surface area contributed by atoms with Gasteiger partial charge < -0.3 is 15.7 Å². The van der Waals surface area contributed by atoms with Crippen LogP contribution in [0.15, 0.2) is 12.4 Å². The predicted molar refractivity (Wildman–Crippen MR) is 84.4 cm³/mol. The average Bonchev–Trinajstić information content (AvgIpc) is 3.22. The fourth-order valence-electron chi connectivity index (χ4n) is 2.47. The van der Waals surface area contributed by atoms with Crippen molar-refractivity contribution in [3.63, 3.8) is 0 Å². The topological polar surface area (TPSA) is 82.4 Å². The van der Waals surface area contributed by atoms with Gasteiger partial charge in [0, 0.05) is 37.9 Å². The average molecular weight is 309 g/mol. The third-order valence-electron chi connectivity index (χ3n) is 4.07. The summed E-state index contributed by atoms with van der Waals surface area (Å²) < 4.78 is 1.63. The van der Waals surface area contributed by atoms with E-state index in [9.17, 15) is 9.90 Å². The second kappa shape index (κ2) is 7.11. The number of nitrogens with one attached hydrogen (secondary N) is 2. The van der Waals surface area contributed by atoms with Crippen LogP contribution < -0.4 is 10.6 Å². The van der Waals surface area contributed by atoms with Crippen molar-refractivity contribution in [3.05, 3.63) is 18.0 Å². The van der Waals surface area contributed by atoms with Gasteiger partial charge in [-0.2, -0.15) is 5.10 Å². The summed E-state index contributed by atoms with van der Waals surface area (Å²) >= 11 is 0. The molecule has 0 saturated heterocycles. The molecule has 0 aromatic carbocycles. The van der Waals surface area contributed by atoms with Crippen LogP contribution in [0.25, 0.3) is 0 Å². The minimum Gasteiger partial charge on any atom is -0.383 e. The van der Waals surface area contributed by atoms with Crippen molar-refractivity contribution in [3.8, 4) is 0 Å². The van der Waals surface area contributed by atoms with E-state index >= 15 is 0 Å². The molecule has 0 bridgehead atoms. The van der Waals surface area contributed by atoms with Crippen molar-refractivity contribution in [2.24, 2.45) is 7.05 Å². The normalized spacial score (nSPS) is 17.3. The van der Waals surface area contributed by atoms with Gasteiger partial charge in [0.25, 0.3) is 0 Å². The zero-order valence-electron chi connectivity index (χ0n) is 13.7. The Morgan fingerprint density at radius 1 is 1.55 bits per heavy atom. The first-order valence-corrected chi connectivity index (χ1v) is 7.89. The summed E-state index contributed by atoms with van der Waals surface area (Å²) in [5.74, 6) is 0. The molecule has 22 heavy (non-hydrogen) atoms. The molecule has 0 radical (unpaired) electrons. The van der Waals surface area contributed by atoms with E-state index in [1.165, 1.54) is 12.8 Å². The van der Waals surface area contributed by atoms with Crippen molar-refractivity contribution < 1.29 is 9.90 Å². The summed E-state index contributed by atoms with van der Waals surface area (Å²) in [5, 5.41) is 20.0. The molecule has 7 heteroatoms. The van der Waals surface area contributed by atoms with E-state index in [0.717, 1.165) is 13.1 Å². The van der Waals surface area contributed by atoms with Crippen LogP contribution in [-0.2, 0) is 12.6 Å². The molecule has 1 heterocycles. The lowest BCUT2D eigenvalue weighted by atomic mass is 10.00. The zero-order valence-corrected chi connectivity index (χ0v) is 13.7. The van der Waals surface area contributed by atoms with Crippen LogP contribution in [0.1, 0.15) is 32.3 Å². The second-order valence-corrected chi connectivity index (χ2v) is 6.15. The molecule has 3 N–H and O–H groups in total. The van der Waals surface area contributed by atoms with Crippen molar-refractivity contribution in [1.82, 2.24) is 25.3 Å². The van der Waals surface area contributed by atoms with Gasteiger partial charge in [0.15, 0.2) is 0 Å². The van der Waals surface area contributed by atoms with Gasteiger partial charge in [-0.15, -0.1) is 0 Å². The molecule has 1 aliphatic carbocycles. The fraction of sp³-hybridized carbons (Fsp3) is 0.733. The Kier molecular flexibility index (Phi) is 5.42. The smallest absolute Gasteiger partial charge is 0.314 e. The van der Waals surface area contributed by atoms with E-state index in [4.69, 9.17) is 0 Å². The Morgan fingerprint density at radius 3 is 2.82 bits per heavy atom. The van der Waals surface area contributed by atoms with Crippen molar-refractivity contribution in [2.45, 2.75) is 38.3 Å². The fourth-order valence-corrected chi connectivity index (χ4v) is 2.47. The summed E-state index contributed by atoms with van der Waals surface area (Å²) in [6, 6.07) is 0.456. The van der Waals surface area contributed by atoms with E-state index in [1.807, 2.05) is 0 Å². The first-order valence-electron chi connectivity index (χ1n) is 7.89. The highest BCUT2D eigenvalue weighted by Crippen LogP contribution is 2.25. The molecule has 1 aliphatic rings. The highest BCUT2D eigenvalue weighted by atomic mass is 16.3. The van der Waals surface area contributed by atoms with Gasteiger partial charge in [-0.25, -0.2) is 4.79 Å². The number of likely N-dealkylation sites (N-methyl/N-ethyl adjacent to an activating group) is 1. The van der Waals surface area contributed by atoms with Gasteiger partial charge in [0.2, 0.25) is 0 Å². The highest BCUT2D eigenvalue weighted by Gasteiger charge is 2.27. The summed E-state index contributed by atoms with van der Waals surface area (Å²) in [7, 11) is 1.79. The molecule has 1 atom stereocenters. The number of nitrogens with zero attached hydrogens (tertiary/aromatic N) is 3. The van der Waals surface area contributed by atoms with E-state index < -0.39 is 5.60 Å². The van der Waals surface area contributed by atoms with Crippen LogP contribution in [-0.4, -0.2) is 58.0 Å². The molecular formula is C15H27N5O2. The van der Waals surface area contributed by atoms with Crippen LogP contribution >= 0.6 is 0 Å². The molecule has 0 aliphatic heterocycles. The Morgan fingerprint density at radius 2 is 2.27 bits per heavy atom. The maximum absolute atomic E-state index is 11.8. The maximum atomic E-state index is 11.8. The number of carbonyl (C=O) groups excluding carboxylic acids is 1. The van der Waals surface area contributed by atoms with Crippen molar-refractivity contribution >= 4 is 6.03 Å². The van der Waals surface area contributed by atoms with Crippen LogP contribution in [0.3, 0.4) is 0 Å². The van der Waals surface area contributed by atoms with Crippen molar-refractivity contribution in [1.29, 1.82) is 0 Å². The van der Waals surface area contributed by atoms with Gasteiger partial charge in [0.1, 0.15) is 5.60 Å². The van der Waals surface area contributed by atoms with Crippen LogP contribution in [0.5, 0.6) is 0 Å². The minimum atomic E-state index is -1.13. The molecule has 7 nitrogen and oxygen atoms in total. The quantitative estimate of drug-likeness (QED) is 0.650. The van der Waals surface area contributed by atoms with Gasteiger partial charge in [-0.1, -0.05) is 6.92 Å². The molecule has 2 amide bonds. The second-order valence-electron chi connectivity index (χ2n) is 6.15. The largest absolute Gasteiger partial charge is 0.383 e. The van der Waals surface area contributed by atoms with Crippen molar-refractivity contribution in [2.75, 3.05) is 26.2 Å². The zero-order chi connectivity index (χ0) is 16.2. The molecule has 1 aromatic heterocycles. The Hall–Kier alpha value is -1.60. The monoisotopic (exact) mass is 309 g/mol. The third kappa shape index (κ3) is 4.71. The number of amides is 2. The lowest BCUT2D eigenvalue weighted by Crippen LogP contribution is -2.45. The minimum absolute atomic E-state index is 0.143.